The van der Waals surface area contributed by atoms with Gasteiger partial charge in [-0.25, -0.2) is 5.53 Å². The zero-order valence-corrected chi connectivity index (χ0v) is 14.1. The van der Waals surface area contributed by atoms with E-state index in [0.717, 1.165) is 4.90 Å². The molecule has 10 heteroatoms. The molecule has 0 unspecified atom stereocenters. The van der Waals surface area contributed by atoms with Crippen LogP contribution in [0.4, 0.5) is 0 Å². The quantitative estimate of drug-likeness (QED) is 0.231. The number of carbonyl (C=O) groups is 3. The lowest BCUT2D eigenvalue weighted by atomic mass is 10.3. The summed E-state index contributed by atoms with van der Waals surface area (Å²) in [5, 5.41) is 5.81. The van der Waals surface area contributed by atoms with Gasteiger partial charge in [-0.05, 0) is 0 Å². The van der Waals surface area contributed by atoms with Gasteiger partial charge >= 0.3 is 0 Å². The molecule has 0 spiro atoms. The average molecular weight is 356 g/mol. The van der Waals surface area contributed by atoms with Crippen molar-refractivity contribution in [3.05, 3.63) is 12.2 Å². The molecule has 0 atom stereocenters. The number of rotatable bonds is 15. The van der Waals surface area contributed by atoms with E-state index < -0.39 is 11.8 Å². The third-order valence-corrected chi connectivity index (χ3v) is 3.12. The van der Waals surface area contributed by atoms with Crippen LogP contribution in [0.1, 0.15) is 6.42 Å². The molecule has 140 valence electrons. The fraction of sp³-hybridized carbons (Fsp3) is 0.667. The van der Waals surface area contributed by atoms with Crippen LogP contribution in [0.2, 0.25) is 0 Å². The highest BCUT2D eigenvalue weighted by Gasteiger charge is 2.23. The van der Waals surface area contributed by atoms with Crippen molar-refractivity contribution >= 4 is 17.7 Å². The van der Waals surface area contributed by atoms with Crippen molar-refractivity contribution in [2.75, 3.05) is 59.3 Å². The Hall–Kier alpha value is -2.17. The predicted octanol–water partition coefficient (Wildman–Crippen LogP) is -0.502. The van der Waals surface area contributed by atoms with Crippen molar-refractivity contribution in [3.63, 3.8) is 0 Å². The van der Waals surface area contributed by atoms with E-state index in [1.807, 2.05) is 0 Å². The minimum Gasteiger partial charge on any atom is -0.377 e. The van der Waals surface area contributed by atoms with Crippen LogP contribution in [0.3, 0.4) is 0 Å². The van der Waals surface area contributed by atoms with Crippen LogP contribution >= 0.6 is 0 Å². The van der Waals surface area contributed by atoms with Gasteiger partial charge in [0.25, 0.3) is 11.8 Å². The number of hydrogen-bond donors (Lipinski definition) is 2. The van der Waals surface area contributed by atoms with Gasteiger partial charge in [0.15, 0.2) is 0 Å². The van der Waals surface area contributed by atoms with Gasteiger partial charge < -0.3 is 19.5 Å². The van der Waals surface area contributed by atoms with Gasteiger partial charge in [-0.1, -0.05) is 0 Å². The molecule has 10 nitrogen and oxygen atoms in total. The van der Waals surface area contributed by atoms with E-state index in [9.17, 15) is 14.4 Å². The molecule has 3 amide bonds. The number of nitrogens with zero attached hydrogens (tertiary/aromatic N) is 2. The van der Waals surface area contributed by atoms with E-state index in [1.54, 1.807) is 0 Å². The first-order valence-electron chi connectivity index (χ1n) is 8.02. The number of hydrogen-bond acceptors (Lipinski definition) is 8. The fourth-order valence-corrected chi connectivity index (χ4v) is 1.87. The van der Waals surface area contributed by atoms with Gasteiger partial charge in [0.1, 0.15) is 0 Å². The summed E-state index contributed by atoms with van der Waals surface area (Å²) in [6.45, 7) is 3.26. The first kappa shape index (κ1) is 20.9. The smallest absolute Gasteiger partial charge is 0.253 e. The highest BCUT2D eigenvalue weighted by Crippen LogP contribution is 2.03. The van der Waals surface area contributed by atoms with Gasteiger partial charge in [0.05, 0.1) is 46.2 Å². The Labute approximate surface area is 146 Å². The molecule has 1 rings (SSSR count). The Morgan fingerprint density at radius 1 is 1.00 bits per heavy atom. The van der Waals surface area contributed by atoms with Crippen LogP contribution in [0, 0.1) is 5.53 Å². The molecular formula is C15H24N4O6. The monoisotopic (exact) mass is 356 g/mol. The molecule has 1 aliphatic heterocycles. The number of imide groups is 1. The zero-order valence-electron chi connectivity index (χ0n) is 14.1. The van der Waals surface area contributed by atoms with Crippen molar-refractivity contribution in [2.45, 2.75) is 6.42 Å². The minimum absolute atomic E-state index is 0.0652. The molecule has 0 aliphatic carbocycles. The largest absolute Gasteiger partial charge is 0.377 e. The molecule has 1 heterocycles. The van der Waals surface area contributed by atoms with Gasteiger partial charge in [0.2, 0.25) is 5.91 Å². The van der Waals surface area contributed by atoms with E-state index in [0.29, 0.717) is 52.7 Å². The molecule has 0 aromatic heterocycles. The second kappa shape index (κ2) is 13.2. The van der Waals surface area contributed by atoms with E-state index in [2.05, 4.69) is 10.4 Å². The Morgan fingerprint density at radius 2 is 1.56 bits per heavy atom. The highest BCUT2D eigenvalue weighted by molar-refractivity contribution is 6.13. The van der Waals surface area contributed by atoms with Crippen molar-refractivity contribution in [2.24, 2.45) is 5.11 Å². The summed E-state index contributed by atoms with van der Waals surface area (Å²) in [4.78, 5) is 35.2. The normalized spacial score (nSPS) is 13.5. The fourth-order valence-electron chi connectivity index (χ4n) is 1.87. The van der Waals surface area contributed by atoms with E-state index in [1.165, 1.54) is 12.2 Å². The summed E-state index contributed by atoms with van der Waals surface area (Å²) < 4.78 is 15.7. The Morgan fingerprint density at radius 3 is 2.16 bits per heavy atom. The third-order valence-electron chi connectivity index (χ3n) is 3.12. The van der Waals surface area contributed by atoms with Gasteiger partial charge in [-0.15, -0.1) is 0 Å². The Balaban J connectivity index is 1.86. The number of carbonyl (C=O) groups excluding carboxylic acids is 3. The summed E-state index contributed by atoms with van der Waals surface area (Å²) in [6.07, 6.45) is 2.45. The Kier molecular flexibility index (Phi) is 11.0. The van der Waals surface area contributed by atoms with Crippen molar-refractivity contribution in [1.82, 2.24) is 10.2 Å². The van der Waals surface area contributed by atoms with E-state index in [-0.39, 0.29) is 18.9 Å². The van der Waals surface area contributed by atoms with Gasteiger partial charge in [-0.2, -0.15) is 5.11 Å². The maximum absolute atomic E-state index is 11.6. The molecule has 0 aromatic rings. The standard InChI is InChI=1S/C15H24N4O6/c16-18-5-8-24-10-12-25-11-9-23-7-4-17-13(20)3-6-19-14(21)1-2-15(19)22/h1-2,16H,3-12H2,(H,17,20). The van der Waals surface area contributed by atoms with Crippen LogP contribution < -0.4 is 5.32 Å². The van der Waals surface area contributed by atoms with Crippen LogP contribution in [-0.4, -0.2) is 81.9 Å². The second-order valence-corrected chi connectivity index (χ2v) is 4.98. The van der Waals surface area contributed by atoms with Crippen LogP contribution in [-0.2, 0) is 28.6 Å². The molecule has 2 N–H and O–H groups in total. The van der Waals surface area contributed by atoms with Gasteiger partial charge in [-0.3, -0.25) is 19.3 Å². The first-order chi connectivity index (χ1) is 12.1. The second-order valence-electron chi connectivity index (χ2n) is 4.98. The Bertz CT molecular complexity index is 465. The number of ether oxygens (including phenoxy) is 3. The summed E-state index contributed by atoms with van der Waals surface area (Å²) in [7, 11) is 0. The summed E-state index contributed by atoms with van der Waals surface area (Å²) >= 11 is 0. The molecule has 0 saturated heterocycles. The molecule has 0 fully saturated rings. The van der Waals surface area contributed by atoms with E-state index in [4.69, 9.17) is 19.7 Å². The van der Waals surface area contributed by atoms with Crippen LogP contribution in [0.15, 0.2) is 17.3 Å². The van der Waals surface area contributed by atoms with Crippen LogP contribution in [0.5, 0.6) is 0 Å². The lowest BCUT2D eigenvalue weighted by Crippen LogP contribution is -2.35. The average Bonchev–Trinajstić information content (AvgIpc) is 2.92. The van der Waals surface area contributed by atoms with Crippen molar-refractivity contribution in [1.29, 1.82) is 5.53 Å². The zero-order chi connectivity index (χ0) is 18.3. The lowest BCUT2D eigenvalue weighted by molar-refractivity contribution is -0.137. The molecule has 0 saturated carbocycles. The lowest BCUT2D eigenvalue weighted by Gasteiger charge is -2.13. The van der Waals surface area contributed by atoms with Crippen molar-refractivity contribution in [3.8, 4) is 0 Å². The SMILES string of the molecule is N=NCCOCCOCCOCCNC(=O)CCN1C(=O)C=CC1=O. The summed E-state index contributed by atoms with van der Waals surface area (Å²) in [5.74, 6) is -1.03. The summed E-state index contributed by atoms with van der Waals surface area (Å²) in [6, 6.07) is 0. The third kappa shape index (κ3) is 9.65. The number of nitrogens with one attached hydrogen (secondary N) is 2. The molecular weight excluding hydrogens is 332 g/mol. The molecule has 0 bridgehead atoms. The van der Waals surface area contributed by atoms with E-state index >= 15 is 0 Å². The van der Waals surface area contributed by atoms with Gasteiger partial charge in [0, 0.05) is 31.7 Å². The predicted molar refractivity (Wildman–Crippen MR) is 86.0 cm³/mol. The topological polar surface area (TPSA) is 130 Å². The molecule has 0 radical (unpaired) electrons. The maximum atomic E-state index is 11.6. The van der Waals surface area contributed by atoms with Crippen molar-refractivity contribution < 1.29 is 28.6 Å². The number of amides is 3. The maximum Gasteiger partial charge on any atom is 0.253 e. The summed E-state index contributed by atoms with van der Waals surface area (Å²) in [5.41, 5.74) is 6.57. The minimum atomic E-state index is -0.391. The molecule has 1 aliphatic rings. The molecule has 25 heavy (non-hydrogen) atoms. The highest BCUT2D eigenvalue weighted by atomic mass is 16.5. The molecule has 0 aromatic carbocycles. The first-order valence-corrected chi connectivity index (χ1v) is 8.02. The van der Waals surface area contributed by atoms with Crippen LogP contribution in [0.25, 0.3) is 0 Å².